The quantitative estimate of drug-likeness (QED) is 0.812. The Hall–Kier alpha value is -1.31. The lowest BCUT2D eigenvalue weighted by atomic mass is 9.92. The van der Waals surface area contributed by atoms with Gasteiger partial charge in [-0.05, 0) is 42.2 Å². The molecule has 0 saturated heterocycles. The van der Waals surface area contributed by atoms with E-state index in [0.29, 0.717) is 0 Å². The van der Waals surface area contributed by atoms with Crippen molar-refractivity contribution in [3.8, 4) is 0 Å². The first-order chi connectivity index (χ1) is 8.65. The zero-order chi connectivity index (χ0) is 12.7. The van der Waals surface area contributed by atoms with Crippen LogP contribution < -0.4 is 0 Å². The lowest BCUT2D eigenvalue weighted by Crippen LogP contribution is -1.96. The average Bonchev–Trinajstić information content (AvgIpc) is 2.67. The Kier molecular flexibility index (Phi) is 2.89. The van der Waals surface area contributed by atoms with Gasteiger partial charge in [-0.25, -0.2) is 0 Å². The summed E-state index contributed by atoms with van der Waals surface area (Å²) in [6.45, 7) is 2.08. The standard InChI is InChI=1S/C16H15ClO/c1-10-2-4-11(5-3-10)14-9-16(18)13-7-6-12(17)8-15(13)14/h2-8,14,16,18H,9H2,1H3/t14-,16-/m1/s1. The van der Waals surface area contributed by atoms with Crippen molar-refractivity contribution in [2.24, 2.45) is 0 Å². The van der Waals surface area contributed by atoms with E-state index in [9.17, 15) is 5.11 Å². The molecule has 0 radical (unpaired) electrons. The normalized spacial score (nSPS) is 21.9. The molecule has 1 aliphatic carbocycles. The molecule has 2 aromatic rings. The molecule has 1 nitrogen and oxygen atoms in total. The van der Waals surface area contributed by atoms with E-state index in [-0.39, 0.29) is 12.0 Å². The number of halogens is 1. The predicted octanol–water partition coefficient (Wildman–Crippen LogP) is 4.22. The van der Waals surface area contributed by atoms with Crippen molar-refractivity contribution >= 4 is 11.6 Å². The molecule has 2 atom stereocenters. The zero-order valence-electron chi connectivity index (χ0n) is 10.2. The molecule has 2 aromatic carbocycles. The maximum absolute atomic E-state index is 10.1. The van der Waals surface area contributed by atoms with Crippen LogP contribution in [0, 0.1) is 6.92 Å². The minimum Gasteiger partial charge on any atom is -0.388 e. The zero-order valence-corrected chi connectivity index (χ0v) is 11.0. The smallest absolute Gasteiger partial charge is 0.0802 e. The highest BCUT2D eigenvalue weighted by molar-refractivity contribution is 6.30. The van der Waals surface area contributed by atoms with Gasteiger partial charge < -0.3 is 5.11 Å². The molecule has 0 heterocycles. The molecular formula is C16H15ClO. The first kappa shape index (κ1) is 11.8. The van der Waals surface area contributed by atoms with Crippen LogP contribution in [0.2, 0.25) is 5.02 Å². The van der Waals surface area contributed by atoms with Gasteiger partial charge in [0, 0.05) is 10.9 Å². The third-order valence-corrected chi connectivity index (χ3v) is 3.96. The molecule has 3 rings (SSSR count). The van der Waals surface area contributed by atoms with E-state index in [1.165, 1.54) is 16.7 Å². The summed E-state index contributed by atoms with van der Waals surface area (Å²) in [5.41, 5.74) is 4.69. The van der Waals surface area contributed by atoms with Crippen molar-refractivity contribution in [1.82, 2.24) is 0 Å². The van der Waals surface area contributed by atoms with Crippen molar-refractivity contribution < 1.29 is 5.11 Å². The van der Waals surface area contributed by atoms with Gasteiger partial charge in [-0.3, -0.25) is 0 Å². The van der Waals surface area contributed by atoms with Crippen LogP contribution >= 0.6 is 11.6 Å². The highest BCUT2D eigenvalue weighted by Gasteiger charge is 2.30. The molecule has 0 bridgehead atoms. The Morgan fingerprint density at radius 1 is 1.06 bits per heavy atom. The van der Waals surface area contributed by atoms with Crippen LogP contribution in [0.15, 0.2) is 42.5 Å². The Balaban J connectivity index is 2.06. The van der Waals surface area contributed by atoms with Crippen LogP contribution in [0.4, 0.5) is 0 Å². The lowest BCUT2D eigenvalue weighted by Gasteiger charge is -2.12. The van der Waals surface area contributed by atoms with E-state index in [1.807, 2.05) is 18.2 Å². The molecule has 0 saturated carbocycles. The van der Waals surface area contributed by atoms with E-state index in [4.69, 9.17) is 11.6 Å². The first-order valence-electron chi connectivity index (χ1n) is 6.19. The maximum Gasteiger partial charge on any atom is 0.0802 e. The summed E-state index contributed by atoms with van der Waals surface area (Å²) in [4.78, 5) is 0. The minimum absolute atomic E-state index is 0.259. The minimum atomic E-state index is -0.372. The fourth-order valence-corrected chi connectivity index (χ4v) is 2.92. The molecule has 0 amide bonds. The predicted molar refractivity (Wildman–Crippen MR) is 74.1 cm³/mol. The number of aliphatic hydroxyl groups is 1. The summed E-state index contributed by atoms with van der Waals surface area (Å²) in [5, 5.41) is 10.9. The van der Waals surface area contributed by atoms with Gasteiger partial charge in [0.1, 0.15) is 0 Å². The molecule has 0 aliphatic heterocycles. The van der Waals surface area contributed by atoms with Crippen molar-refractivity contribution in [2.75, 3.05) is 0 Å². The Bertz CT molecular complexity index is 574. The van der Waals surface area contributed by atoms with Gasteiger partial charge in [-0.1, -0.05) is 47.5 Å². The first-order valence-corrected chi connectivity index (χ1v) is 6.57. The number of hydrogen-bond donors (Lipinski definition) is 1. The average molecular weight is 259 g/mol. The van der Waals surface area contributed by atoms with Gasteiger partial charge in [0.15, 0.2) is 0 Å². The molecule has 2 heteroatoms. The van der Waals surface area contributed by atoms with Gasteiger partial charge >= 0.3 is 0 Å². The Labute approximate surface area is 112 Å². The number of rotatable bonds is 1. The second kappa shape index (κ2) is 4.42. The molecular weight excluding hydrogens is 244 g/mol. The maximum atomic E-state index is 10.1. The van der Waals surface area contributed by atoms with Crippen LogP contribution in [0.5, 0.6) is 0 Å². The van der Waals surface area contributed by atoms with Crippen molar-refractivity contribution in [3.63, 3.8) is 0 Å². The van der Waals surface area contributed by atoms with Gasteiger partial charge in [0.05, 0.1) is 6.10 Å². The fourth-order valence-electron chi connectivity index (χ4n) is 2.74. The van der Waals surface area contributed by atoms with Crippen LogP contribution in [-0.2, 0) is 0 Å². The lowest BCUT2D eigenvalue weighted by molar-refractivity contribution is 0.176. The molecule has 0 aromatic heterocycles. The van der Waals surface area contributed by atoms with Crippen LogP contribution in [-0.4, -0.2) is 5.11 Å². The van der Waals surface area contributed by atoms with E-state index < -0.39 is 0 Å². The van der Waals surface area contributed by atoms with Gasteiger partial charge in [-0.2, -0.15) is 0 Å². The highest BCUT2D eigenvalue weighted by Crippen LogP contribution is 2.44. The number of benzene rings is 2. The van der Waals surface area contributed by atoms with E-state index in [1.54, 1.807) is 0 Å². The molecule has 1 N–H and O–H groups in total. The van der Waals surface area contributed by atoms with Crippen molar-refractivity contribution in [1.29, 1.82) is 0 Å². The summed E-state index contributed by atoms with van der Waals surface area (Å²) < 4.78 is 0. The van der Waals surface area contributed by atoms with Crippen molar-refractivity contribution in [3.05, 3.63) is 69.7 Å². The third-order valence-electron chi connectivity index (χ3n) is 3.72. The van der Waals surface area contributed by atoms with E-state index >= 15 is 0 Å². The topological polar surface area (TPSA) is 20.2 Å². The van der Waals surface area contributed by atoms with E-state index in [2.05, 4.69) is 31.2 Å². The number of aliphatic hydroxyl groups excluding tert-OH is 1. The van der Waals surface area contributed by atoms with E-state index in [0.717, 1.165) is 17.0 Å². The summed E-state index contributed by atoms with van der Waals surface area (Å²) in [7, 11) is 0. The molecule has 0 unspecified atom stereocenters. The molecule has 1 aliphatic rings. The fraction of sp³-hybridized carbons (Fsp3) is 0.250. The van der Waals surface area contributed by atoms with Crippen LogP contribution in [0.1, 0.15) is 40.7 Å². The molecule has 0 fully saturated rings. The summed E-state index contributed by atoms with van der Waals surface area (Å²) >= 11 is 6.07. The summed E-state index contributed by atoms with van der Waals surface area (Å²) in [6, 6.07) is 14.3. The third kappa shape index (κ3) is 1.94. The van der Waals surface area contributed by atoms with Gasteiger partial charge in [-0.15, -0.1) is 0 Å². The molecule has 92 valence electrons. The van der Waals surface area contributed by atoms with Crippen LogP contribution in [0.3, 0.4) is 0 Å². The number of fused-ring (bicyclic) bond motifs is 1. The number of aryl methyl sites for hydroxylation is 1. The van der Waals surface area contributed by atoms with Crippen LogP contribution in [0.25, 0.3) is 0 Å². The second-order valence-corrected chi connectivity index (χ2v) is 5.42. The Morgan fingerprint density at radius 3 is 2.50 bits per heavy atom. The molecule has 0 spiro atoms. The Morgan fingerprint density at radius 2 is 1.78 bits per heavy atom. The number of hydrogen-bond acceptors (Lipinski definition) is 1. The van der Waals surface area contributed by atoms with Gasteiger partial charge in [0.2, 0.25) is 0 Å². The second-order valence-electron chi connectivity index (χ2n) is 4.99. The SMILES string of the molecule is Cc1ccc([C@H]2C[C@@H](O)c3ccc(Cl)cc32)cc1. The summed E-state index contributed by atoms with van der Waals surface area (Å²) in [6.07, 6.45) is 0.377. The largest absolute Gasteiger partial charge is 0.388 e. The summed E-state index contributed by atoms with van der Waals surface area (Å²) in [5.74, 6) is 0.259. The van der Waals surface area contributed by atoms with Crippen molar-refractivity contribution in [2.45, 2.75) is 25.4 Å². The van der Waals surface area contributed by atoms with Gasteiger partial charge in [0.25, 0.3) is 0 Å². The highest BCUT2D eigenvalue weighted by atomic mass is 35.5. The molecule has 18 heavy (non-hydrogen) atoms. The monoisotopic (exact) mass is 258 g/mol.